The van der Waals surface area contributed by atoms with Gasteiger partial charge in [0.2, 0.25) is 0 Å². The number of fused-ring (bicyclic) bond motifs is 1. The summed E-state index contributed by atoms with van der Waals surface area (Å²) in [6.07, 6.45) is 0. The first kappa shape index (κ1) is 14.7. The van der Waals surface area contributed by atoms with Crippen molar-refractivity contribution in [2.75, 3.05) is 11.9 Å². The number of thioether (sulfide) groups is 1. The van der Waals surface area contributed by atoms with Gasteiger partial charge in [-0.1, -0.05) is 24.0 Å². The van der Waals surface area contributed by atoms with Gasteiger partial charge in [0, 0.05) is 24.7 Å². The number of carbonyl (C=O) groups is 2. The smallest absolute Gasteiger partial charge is 0.270 e. The first-order chi connectivity index (χ1) is 10.3. The summed E-state index contributed by atoms with van der Waals surface area (Å²) in [6.45, 7) is 1.69. The minimum atomic E-state index is -0.523. The molecule has 112 valence electrons. The van der Waals surface area contributed by atoms with Crippen molar-refractivity contribution in [3.63, 3.8) is 0 Å². The number of nitro benzene ring substituents is 1. The summed E-state index contributed by atoms with van der Waals surface area (Å²) in [7, 11) is 1.57. The average molecular weight is 335 g/mol. The van der Waals surface area contributed by atoms with Crippen molar-refractivity contribution in [1.29, 1.82) is 0 Å². The summed E-state index contributed by atoms with van der Waals surface area (Å²) >= 11 is 5.93. The molecule has 9 heteroatoms. The Morgan fingerprint density at radius 3 is 2.59 bits per heavy atom. The van der Waals surface area contributed by atoms with Gasteiger partial charge in [-0.15, -0.1) is 0 Å². The van der Waals surface area contributed by atoms with E-state index in [4.69, 9.17) is 12.2 Å². The lowest BCUT2D eigenvalue weighted by molar-refractivity contribution is -0.384. The summed E-state index contributed by atoms with van der Waals surface area (Å²) in [5.74, 6) is -0.829. The molecule has 2 aliphatic heterocycles. The zero-order valence-corrected chi connectivity index (χ0v) is 13.1. The number of nitrogens with zero attached hydrogens (tertiary/aromatic N) is 2. The van der Waals surface area contributed by atoms with Crippen LogP contribution in [0, 0.1) is 17.0 Å². The zero-order chi connectivity index (χ0) is 16.2. The fourth-order valence-corrected chi connectivity index (χ4v) is 3.70. The van der Waals surface area contributed by atoms with E-state index in [1.807, 2.05) is 0 Å². The van der Waals surface area contributed by atoms with Crippen LogP contribution >= 0.6 is 24.0 Å². The van der Waals surface area contributed by atoms with E-state index < -0.39 is 10.8 Å². The zero-order valence-electron chi connectivity index (χ0n) is 11.5. The first-order valence-electron chi connectivity index (χ1n) is 6.16. The number of benzene rings is 1. The lowest BCUT2D eigenvalue weighted by Gasteiger charge is -2.11. The van der Waals surface area contributed by atoms with Crippen molar-refractivity contribution < 1.29 is 14.5 Å². The van der Waals surface area contributed by atoms with Gasteiger partial charge >= 0.3 is 0 Å². The molecular formula is C13H9N3O4S2. The lowest BCUT2D eigenvalue weighted by atomic mass is 10.0. The van der Waals surface area contributed by atoms with Crippen molar-refractivity contribution in [2.45, 2.75) is 6.92 Å². The molecule has 2 amide bonds. The van der Waals surface area contributed by atoms with Crippen LogP contribution in [0.3, 0.4) is 0 Å². The highest BCUT2D eigenvalue weighted by molar-refractivity contribution is 8.27. The van der Waals surface area contributed by atoms with Crippen LogP contribution in [0.15, 0.2) is 17.0 Å². The molecule has 1 fully saturated rings. The molecule has 1 saturated heterocycles. The molecule has 0 atom stereocenters. The number of anilines is 1. The fraction of sp³-hybridized carbons (Fsp3) is 0.154. The number of amides is 2. The Labute approximate surface area is 134 Å². The standard InChI is InChI=1S/C13H9N3O4S2/c1-5-3-6(16(19)20)4-7-8(12(18)15(2)9(5)7)10-11(17)14-13(21)22-10/h3-4H,1-2H3,(H,14,17,21)/b10-8+. The Balaban J connectivity index is 2.32. The summed E-state index contributed by atoms with van der Waals surface area (Å²) in [4.78, 5) is 36.6. The second kappa shape index (κ2) is 4.89. The molecule has 0 unspecified atom stereocenters. The summed E-state index contributed by atoms with van der Waals surface area (Å²) in [6, 6.07) is 2.73. The van der Waals surface area contributed by atoms with Gasteiger partial charge in [0.05, 0.1) is 21.1 Å². The molecule has 0 saturated carbocycles. The van der Waals surface area contributed by atoms with Gasteiger partial charge in [0.25, 0.3) is 17.5 Å². The SMILES string of the molecule is Cc1cc([N+](=O)[O-])cc2c1N(C)C(=O)/C2=C1/SC(=S)NC1=O. The van der Waals surface area contributed by atoms with E-state index in [2.05, 4.69) is 5.32 Å². The van der Waals surface area contributed by atoms with E-state index in [-0.39, 0.29) is 26.4 Å². The third-order valence-electron chi connectivity index (χ3n) is 3.46. The lowest BCUT2D eigenvalue weighted by Crippen LogP contribution is -2.23. The van der Waals surface area contributed by atoms with Crippen molar-refractivity contribution in [3.8, 4) is 0 Å². The normalized spacial score (nSPS) is 20.5. The van der Waals surface area contributed by atoms with E-state index in [1.54, 1.807) is 14.0 Å². The van der Waals surface area contributed by atoms with Crippen molar-refractivity contribution in [2.24, 2.45) is 0 Å². The second-order valence-electron chi connectivity index (χ2n) is 4.83. The molecule has 2 aliphatic rings. The molecule has 0 radical (unpaired) electrons. The Hall–Kier alpha value is -2.26. The Bertz CT molecular complexity index is 816. The van der Waals surface area contributed by atoms with E-state index in [1.165, 1.54) is 17.0 Å². The summed E-state index contributed by atoms with van der Waals surface area (Å²) < 4.78 is 0.263. The predicted octanol–water partition coefficient (Wildman–Crippen LogP) is 1.74. The fourth-order valence-electron chi connectivity index (χ4n) is 2.58. The number of carbonyl (C=O) groups excluding carboxylic acids is 2. The number of thiocarbonyl (C=S) groups is 1. The van der Waals surface area contributed by atoms with Crippen molar-refractivity contribution >= 4 is 57.1 Å². The minimum absolute atomic E-state index is 0.122. The number of non-ortho nitro benzene ring substituents is 1. The highest BCUT2D eigenvalue weighted by Crippen LogP contribution is 2.45. The van der Waals surface area contributed by atoms with Crippen LogP contribution in [0.4, 0.5) is 11.4 Å². The third-order valence-corrected chi connectivity index (χ3v) is 4.70. The van der Waals surface area contributed by atoms with Crippen molar-refractivity contribution in [3.05, 3.63) is 38.3 Å². The number of nitro groups is 1. The molecule has 0 bridgehead atoms. The van der Waals surface area contributed by atoms with Gasteiger partial charge in [-0.05, 0) is 12.5 Å². The van der Waals surface area contributed by atoms with Gasteiger partial charge in [-0.25, -0.2) is 0 Å². The highest BCUT2D eigenvalue weighted by Gasteiger charge is 2.39. The predicted molar refractivity (Wildman–Crippen MR) is 86.5 cm³/mol. The van der Waals surface area contributed by atoms with E-state index >= 15 is 0 Å². The van der Waals surface area contributed by atoms with Crippen LogP contribution in [0.2, 0.25) is 0 Å². The van der Waals surface area contributed by atoms with E-state index in [9.17, 15) is 19.7 Å². The number of aryl methyl sites for hydroxylation is 1. The largest absolute Gasteiger partial charge is 0.310 e. The van der Waals surface area contributed by atoms with Gasteiger partial charge < -0.3 is 10.2 Å². The number of likely N-dealkylation sites (N-methyl/N-ethyl adjacent to an activating group) is 1. The van der Waals surface area contributed by atoms with Gasteiger partial charge in [-0.2, -0.15) is 0 Å². The summed E-state index contributed by atoms with van der Waals surface area (Å²) in [5, 5.41) is 13.5. The number of rotatable bonds is 1. The Morgan fingerprint density at radius 1 is 1.36 bits per heavy atom. The number of hydrogen-bond acceptors (Lipinski definition) is 6. The van der Waals surface area contributed by atoms with Crippen LogP contribution in [0.25, 0.3) is 5.57 Å². The molecular weight excluding hydrogens is 326 g/mol. The number of hydrogen-bond donors (Lipinski definition) is 1. The molecule has 0 aliphatic carbocycles. The maximum Gasteiger partial charge on any atom is 0.270 e. The highest BCUT2D eigenvalue weighted by atomic mass is 32.2. The molecule has 3 rings (SSSR count). The Kier molecular flexibility index (Phi) is 3.26. The molecule has 1 N–H and O–H groups in total. The molecule has 1 aromatic carbocycles. The molecule has 0 spiro atoms. The molecule has 22 heavy (non-hydrogen) atoms. The molecule has 1 aromatic rings. The van der Waals surface area contributed by atoms with Crippen LogP contribution < -0.4 is 10.2 Å². The Morgan fingerprint density at radius 2 is 2.05 bits per heavy atom. The first-order valence-corrected chi connectivity index (χ1v) is 7.38. The second-order valence-corrected chi connectivity index (χ2v) is 6.52. The van der Waals surface area contributed by atoms with E-state index in [0.29, 0.717) is 16.8 Å². The van der Waals surface area contributed by atoms with Crippen LogP contribution in [0.5, 0.6) is 0 Å². The van der Waals surface area contributed by atoms with Gasteiger partial charge in [0.15, 0.2) is 0 Å². The number of nitrogens with one attached hydrogen (secondary N) is 1. The maximum absolute atomic E-state index is 12.5. The van der Waals surface area contributed by atoms with Crippen molar-refractivity contribution in [1.82, 2.24) is 5.32 Å². The van der Waals surface area contributed by atoms with Crippen LogP contribution in [0.1, 0.15) is 11.1 Å². The van der Waals surface area contributed by atoms with E-state index in [0.717, 1.165) is 11.8 Å². The van der Waals surface area contributed by atoms with Gasteiger partial charge in [-0.3, -0.25) is 19.7 Å². The molecule has 2 heterocycles. The topological polar surface area (TPSA) is 92.6 Å². The molecule has 7 nitrogen and oxygen atoms in total. The van der Waals surface area contributed by atoms with Gasteiger partial charge in [0.1, 0.15) is 4.32 Å². The third kappa shape index (κ3) is 2.01. The maximum atomic E-state index is 12.5. The van der Waals surface area contributed by atoms with Crippen LogP contribution in [-0.2, 0) is 9.59 Å². The average Bonchev–Trinajstić information content (AvgIpc) is 2.88. The summed E-state index contributed by atoms with van der Waals surface area (Å²) in [5.41, 5.74) is 1.60. The van der Waals surface area contributed by atoms with Crippen LogP contribution in [-0.4, -0.2) is 28.1 Å². The minimum Gasteiger partial charge on any atom is -0.310 e. The molecule has 0 aromatic heterocycles. The monoisotopic (exact) mass is 335 g/mol. The quantitative estimate of drug-likeness (QED) is 0.364.